The van der Waals surface area contributed by atoms with Gasteiger partial charge in [-0.15, -0.1) is 0 Å². The largest absolute Gasteiger partial charge is 0.453 e. The van der Waals surface area contributed by atoms with E-state index in [1.54, 1.807) is 16.9 Å². The van der Waals surface area contributed by atoms with Crippen molar-refractivity contribution in [3.63, 3.8) is 0 Å². The Bertz CT molecular complexity index is 675. The molecule has 0 aliphatic rings. The Hall–Kier alpha value is -2.04. The highest BCUT2D eigenvalue weighted by Crippen LogP contribution is 2.28. The maximum Gasteiger partial charge on any atom is 0.198 e. The summed E-state index contributed by atoms with van der Waals surface area (Å²) in [5.41, 5.74) is 8.80. The van der Waals surface area contributed by atoms with Crippen molar-refractivity contribution in [3.05, 3.63) is 71.4 Å². The van der Waals surface area contributed by atoms with Gasteiger partial charge in [0.15, 0.2) is 5.22 Å². The molecule has 4 nitrogen and oxygen atoms in total. The molecule has 0 radical (unpaired) electrons. The topological polar surface area (TPSA) is 57.0 Å². The van der Waals surface area contributed by atoms with Crippen molar-refractivity contribution in [2.75, 3.05) is 0 Å². The SMILES string of the molecule is NC(c1ccoc1Cl)c1ccnn1-c1ccccc1. The predicted molar refractivity (Wildman–Crippen MR) is 73.3 cm³/mol. The second kappa shape index (κ2) is 4.91. The fourth-order valence-corrected chi connectivity index (χ4v) is 2.25. The second-order valence-corrected chi connectivity index (χ2v) is 4.47. The van der Waals surface area contributed by atoms with E-state index in [1.807, 2.05) is 36.4 Å². The Morgan fingerprint density at radius 1 is 1.16 bits per heavy atom. The maximum atomic E-state index is 6.24. The van der Waals surface area contributed by atoms with E-state index < -0.39 is 0 Å². The van der Waals surface area contributed by atoms with Crippen molar-refractivity contribution in [1.82, 2.24) is 9.78 Å². The van der Waals surface area contributed by atoms with E-state index in [2.05, 4.69) is 5.10 Å². The highest BCUT2D eigenvalue weighted by Gasteiger charge is 2.19. The lowest BCUT2D eigenvalue weighted by Crippen LogP contribution is -2.16. The Balaban J connectivity index is 2.04. The van der Waals surface area contributed by atoms with Gasteiger partial charge in [-0.05, 0) is 35.9 Å². The van der Waals surface area contributed by atoms with Crippen LogP contribution in [0.3, 0.4) is 0 Å². The van der Waals surface area contributed by atoms with Gasteiger partial charge in [-0.2, -0.15) is 5.10 Å². The van der Waals surface area contributed by atoms with Crippen molar-refractivity contribution < 1.29 is 4.42 Å². The molecular formula is C14H12ClN3O. The molecule has 0 aliphatic heterocycles. The van der Waals surface area contributed by atoms with Crippen molar-refractivity contribution in [2.24, 2.45) is 5.73 Å². The summed E-state index contributed by atoms with van der Waals surface area (Å²) >= 11 is 5.97. The van der Waals surface area contributed by atoms with Crippen LogP contribution in [0.4, 0.5) is 0 Å². The van der Waals surface area contributed by atoms with Crippen LogP contribution in [-0.4, -0.2) is 9.78 Å². The molecule has 0 spiro atoms. The molecule has 19 heavy (non-hydrogen) atoms. The molecule has 0 saturated carbocycles. The summed E-state index contributed by atoms with van der Waals surface area (Å²) in [5.74, 6) is 0. The molecule has 0 fully saturated rings. The first-order chi connectivity index (χ1) is 9.27. The van der Waals surface area contributed by atoms with Gasteiger partial charge in [-0.25, -0.2) is 4.68 Å². The Kier molecular flexibility index (Phi) is 3.11. The molecule has 0 saturated heterocycles. The van der Waals surface area contributed by atoms with Gasteiger partial charge in [0, 0.05) is 11.8 Å². The normalized spacial score (nSPS) is 12.5. The van der Waals surface area contributed by atoms with Gasteiger partial charge in [0.25, 0.3) is 0 Å². The summed E-state index contributed by atoms with van der Waals surface area (Å²) in [6.45, 7) is 0. The van der Waals surface area contributed by atoms with Crippen molar-refractivity contribution >= 4 is 11.6 Å². The lowest BCUT2D eigenvalue weighted by atomic mass is 10.1. The molecule has 3 aromatic rings. The molecule has 2 aromatic heterocycles. The minimum atomic E-state index is -0.381. The highest BCUT2D eigenvalue weighted by atomic mass is 35.5. The number of hydrogen-bond donors (Lipinski definition) is 1. The van der Waals surface area contributed by atoms with Gasteiger partial charge in [-0.3, -0.25) is 0 Å². The molecule has 1 unspecified atom stereocenters. The lowest BCUT2D eigenvalue weighted by molar-refractivity contribution is 0.563. The number of rotatable bonds is 3. The van der Waals surface area contributed by atoms with E-state index in [1.165, 1.54) is 6.26 Å². The number of furan rings is 1. The number of nitrogens with zero attached hydrogens (tertiary/aromatic N) is 2. The molecule has 2 N–H and O–H groups in total. The smallest absolute Gasteiger partial charge is 0.198 e. The van der Waals surface area contributed by atoms with Crippen LogP contribution in [0.1, 0.15) is 17.3 Å². The average molecular weight is 274 g/mol. The summed E-state index contributed by atoms with van der Waals surface area (Å²) < 4.78 is 6.88. The molecule has 0 amide bonds. The van der Waals surface area contributed by atoms with E-state index in [-0.39, 0.29) is 6.04 Å². The van der Waals surface area contributed by atoms with Crippen LogP contribution in [0, 0.1) is 0 Å². The summed E-state index contributed by atoms with van der Waals surface area (Å²) in [5, 5.41) is 4.62. The monoisotopic (exact) mass is 273 g/mol. The van der Waals surface area contributed by atoms with Crippen LogP contribution in [0.15, 0.2) is 59.3 Å². The standard InChI is InChI=1S/C14H12ClN3O/c15-14-11(7-9-19-14)13(16)12-6-8-17-18(12)10-4-2-1-3-5-10/h1-9,13H,16H2. The number of para-hydroxylation sites is 1. The van der Waals surface area contributed by atoms with Gasteiger partial charge in [0.05, 0.1) is 23.7 Å². The quantitative estimate of drug-likeness (QED) is 0.797. The zero-order chi connectivity index (χ0) is 13.2. The fraction of sp³-hybridized carbons (Fsp3) is 0.0714. The van der Waals surface area contributed by atoms with Gasteiger partial charge >= 0.3 is 0 Å². The molecular weight excluding hydrogens is 262 g/mol. The number of hydrogen-bond acceptors (Lipinski definition) is 3. The molecule has 3 rings (SSSR count). The highest BCUT2D eigenvalue weighted by molar-refractivity contribution is 6.29. The van der Waals surface area contributed by atoms with Gasteiger partial charge in [-0.1, -0.05) is 18.2 Å². The zero-order valence-electron chi connectivity index (χ0n) is 10.0. The number of halogens is 1. The molecule has 1 aromatic carbocycles. The molecule has 0 aliphatic carbocycles. The Labute approximate surface area is 115 Å². The van der Waals surface area contributed by atoms with Crippen LogP contribution in [0.25, 0.3) is 5.69 Å². The Morgan fingerprint density at radius 2 is 1.95 bits per heavy atom. The zero-order valence-corrected chi connectivity index (χ0v) is 10.8. The summed E-state index contributed by atoms with van der Waals surface area (Å²) in [6.07, 6.45) is 3.25. The Morgan fingerprint density at radius 3 is 2.63 bits per heavy atom. The van der Waals surface area contributed by atoms with Crippen molar-refractivity contribution in [3.8, 4) is 5.69 Å². The van der Waals surface area contributed by atoms with Crippen molar-refractivity contribution in [2.45, 2.75) is 6.04 Å². The predicted octanol–water partition coefficient (Wildman–Crippen LogP) is 3.17. The first-order valence-electron chi connectivity index (χ1n) is 5.85. The third-order valence-corrected chi connectivity index (χ3v) is 3.28. The third-order valence-electron chi connectivity index (χ3n) is 2.97. The van der Waals surface area contributed by atoms with E-state index in [0.717, 1.165) is 16.9 Å². The van der Waals surface area contributed by atoms with E-state index in [9.17, 15) is 0 Å². The van der Waals surface area contributed by atoms with Crippen LogP contribution < -0.4 is 5.73 Å². The van der Waals surface area contributed by atoms with Gasteiger partial charge in [0.1, 0.15) is 0 Å². The minimum absolute atomic E-state index is 0.313. The van der Waals surface area contributed by atoms with E-state index >= 15 is 0 Å². The van der Waals surface area contributed by atoms with E-state index in [0.29, 0.717) is 5.22 Å². The second-order valence-electron chi connectivity index (χ2n) is 4.13. The third kappa shape index (κ3) is 2.16. The van der Waals surface area contributed by atoms with Crippen molar-refractivity contribution in [1.29, 1.82) is 0 Å². The number of aromatic nitrogens is 2. The van der Waals surface area contributed by atoms with E-state index in [4.69, 9.17) is 21.8 Å². The summed E-state index contributed by atoms with van der Waals surface area (Å²) in [6, 6.07) is 13.1. The average Bonchev–Trinajstić information content (AvgIpc) is 3.07. The number of benzene rings is 1. The molecule has 0 bridgehead atoms. The number of nitrogens with two attached hydrogens (primary N) is 1. The van der Waals surface area contributed by atoms with Crippen LogP contribution in [-0.2, 0) is 0 Å². The molecule has 5 heteroatoms. The fourth-order valence-electron chi connectivity index (χ4n) is 2.02. The molecule has 96 valence electrons. The van der Waals surface area contributed by atoms with Crippen LogP contribution in [0.2, 0.25) is 5.22 Å². The van der Waals surface area contributed by atoms with Gasteiger partial charge in [0.2, 0.25) is 0 Å². The van der Waals surface area contributed by atoms with Crippen LogP contribution in [0.5, 0.6) is 0 Å². The van der Waals surface area contributed by atoms with Crippen LogP contribution >= 0.6 is 11.6 Å². The summed E-state index contributed by atoms with van der Waals surface area (Å²) in [4.78, 5) is 0. The van der Waals surface area contributed by atoms with Gasteiger partial charge < -0.3 is 10.2 Å². The lowest BCUT2D eigenvalue weighted by Gasteiger charge is -2.13. The first-order valence-corrected chi connectivity index (χ1v) is 6.23. The molecule has 2 heterocycles. The molecule has 1 atom stereocenters. The summed E-state index contributed by atoms with van der Waals surface area (Å²) in [7, 11) is 0. The maximum absolute atomic E-state index is 6.24. The minimum Gasteiger partial charge on any atom is -0.453 e. The first kappa shape index (κ1) is 12.0.